The smallest absolute Gasteiger partial charge is 0.303 e. The number of carboxylic acids is 1. The van der Waals surface area contributed by atoms with Gasteiger partial charge >= 0.3 is 5.97 Å². The molecule has 1 amide bonds. The Labute approximate surface area is 119 Å². The zero-order chi connectivity index (χ0) is 14.2. The molecule has 0 aliphatic carbocycles. The molecule has 0 heterocycles. The van der Waals surface area contributed by atoms with Gasteiger partial charge in [-0.2, -0.15) is 5.26 Å². The van der Waals surface area contributed by atoms with Gasteiger partial charge in [-0.1, -0.05) is 24.0 Å². The van der Waals surface area contributed by atoms with Gasteiger partial charge in [-0.15, -0.1) is 11.8 Å². The van der Waals surface area contributed by atoms with Crippen molar-refractivity contribution in [2.45, 2.75) is 30.9 Å². The number of nitrogens with two attached hydrogens (primary N) is 1. The lowest BCUT2D eigenvalue weighted by atomic mass is 10.1. The maximum Gasteiger partial charge on any atom is 0.303 e. The number of carbonyl (C=O) groups is 2. The third-order valence-electron chi connectivity index (χ3n) is 1.93. The standard InChI is InChI=1S/C10H14N2O3S3/c1-10(6-11,4-2-8(14)15)18-9(16)17-5-3-7(12)13/h2-5H2,1H3,(H2,12,13)(H,14,15). The minimum atomic E-state index is -0.940. The van der Waals surface area contributed by atoms with Crippen molar-refractivity contribution >= 4 is 51.1 Å². The van der Waals surface area contributed by atoms with Gasteiger partial charge in [-0.3, -0.25) is 9.59 Å². The SMILES string of the molecule is CC(C#N)(CCC(=O)O)SC(=S)SCCC(N)=O. The Morgan fingerprint density at radius 3 is 2.56 bits per heavy atom. The molecule has 0 bridgehead atoms. The third-order valence-corrected chi connectivity index (χ3v) is 4.69. The number of carbonyl (C=O) groups excluding carboxylic acids is 1. The summed E-state index contributed by atoms with van der Waals surface area (Å²) in [4.78, 5) is 21.0. The van der Waals surface area contributed by atoms with E-state index in [0.717, 1.165) is 11.8 Å². The lowest BCUT2D eigenvalue weighted by Crippen LogP contribution is -2.20. The number of hydrogen-bond donors (Lipinski definition) is 2. The van der Waals surface area contributed by atoms with Crippen LogP contribution in [0.3, 0.4) is 0 Å². The lowest BCUT2D eigenvalue weighted by Gasteiger charge is -2.19. The number of nitriles is 1. The van der Waals surface area contributed by atoms with Crippen molar-refractivity contribution in [1.29, 1.82) is 5.26 Å². The second kappa shape index (κ2) is 8.34. The van der Waals surface area contributed by atoms with E-state index in [0.29, 0.717) is 9.28 Å². The number of rotatable bonds is 7. The second-order valence-corrected chi connectivity index (χ2v) is 7.46. The molecular weight excluding hydrogens is 292 g/mol. The van der Waals surface area contributed by atoms with Gasteiger partial charge in [0.15, 0.2) is 0 Å². The average Bonchev–Trinajstić information content (AvgIpc) is 2.26. The van der Waals surface area contributed by atoms with Crippen LogP contribution in [0.1, 0.15) is 26.2 Å². The fourth-order valence-electron chi connectivity index (χ4n) is 0.924. The number of thiocarbonyl (C=S) groups is 1. The number of amides is 1. The molecule has 100 valence electrons. The first-order valence-corrected chi connectivity index (χ1v) is 7.27. The van der Waals surface area contributed by atoms with Crippen LogP contribution in [0.2, 0.25) is 0 Å². The van der Waals surface area contributed by atoms with Gasteiger partial charge in [-0.05, 0) is 13.3 Å². The van der Waals surface area contributed by atoms with Crippen LogP contribution >= 0.6 is 35.7 Å². The minimum absolute atomic E-state index is 0.0778. The Morgan fingerprint density at radius 1 is 1.50 bits per heavy atom. The average molecular weight is 306 g/mol. The van der Waals surface area contributed by atoms with E-state index < -0.39 is 16.6 Å². The van der Waals surface area contributed by atoms with E-state index in [4.69, 9.17) is 28.3 Å². The van der Waals surface area contributed by atoms with Crippen LogP contribution < -0.4 is 5.73 Å². The second-order valence-electron chi connectivity index (χ2n) is 3.65. The minimum Gasteiger partial charge on any atom is -0.481 e. The Hall–Kier alpha value is -0.780. The normalized spacial score (nSPS) is 13.3. The highest BCUT2D eigenvalue weighted by Gasteiger charge is 2.27. The molecule has 0 saturated heterocycles. The van der Waals surface area contributed by atoms with E-state index >= 15 is 0 Å². The molecule has 0 aromatic heterocycles. The number of carboxylic acid groups (broad SMARTS) is 1. The van der Waals surface area contributed by atoms with Crippen molar-refractivity contribution in [2.75, 3.05) is 5.75 Å². The summed E-state index contributed by atoms with van der Waals surface area (Å²) < 4.78 is -0.333. The molecule has 0 saturated carbocycles. The van der Waals surface area contributed by atoms with Crippen molar-refractivity contribution in [3.8, 4) is 6.07 Å². The highest BCUT2D eigenvalue weighted by atomic mass is 32.2. The molecule has 18 heavy (non-hydrogen) atoms. The van der Waals surface area contributed by atoms with E-state index in [1.807, 2.05) is 0 Å². The van der Waals surface area contributed by atoms with Crippen LogP contribution in [-0.4, -0.2) is 31.0 Å². The summed E-state index contributed by atoms with van der Waals surface area (Å²) >= 11 is 7.51. The van der Waals surface area contributed by atoms with Crippen LogP contribution in [0.15, 0.2) is 0 Å². The molecule has 1 unspecified atom stereocenters. The topological polar surface area (TPSA) is 104 Å². The molecule has 0 radical (unpaired) electrons. The zero-order valence-corrected chi connectivity index (χ0v) is 12.3. The molecular formula is C10H14N2O3S3. The van der Waals surface area contributed by atoms with Crippen LogP contribution in [0.4, 0.5) is 0 Å². The summed E-state index contributed by atoms with van der Waals surface area (Å²) in [5, 5.41) is 17.7. The van der Waals surface area contributed by atoms with E-state index in [-0.39, 0.29) is 19.3 Å². The van der Waals surface area contributed by atoms with E-state index in [1.165, 1.54) is 11.8 Å². The lowest BCUT2D eigenvalue weighted by molar-refractivity contribution is -0.137. The molecule has 0 rings (SSSR count). The summed E-state index contributed by atoms with van der Waals surface area (Å²) in [6, 6.07) is 2.07. The predicted octanol–water partition coefficient (Wildman–Crippen LogP) is 1.76. The highest BCUT2D eigenvalue weighted by Crippen LogP contribution is 2.34. The first-order valence-electron chi connectivity index (χ1n) is 5.06. The molecule has 5 nitrogen and oxygen atoms in total. The number of primary amides is 1. The first kappa shape index (κ1) is 17.2. The molecule has 0 aliphatic heterocycles. The quantitative estimate of drug-likeness (QED) is 0.690. The molecule has 3 N–H and O–H groups in total. The molecule has 0 aliphatic rings. The van der Waals surface area contributed by atoms with E-state index in [1.54, 1.807) is 6.92 Å². The van der Waals surface area contributed by atoms with Gasteiger partial charge in [0.2, 0.25) is 5.91 Å². The molecule has 1 atom stereocenters. The van der Waals surface area contributed by atoms with Gasteiger partial charge in [0, 0.05) is 18.6 Å². The van der Waals surface area contributed by atoms with Crippen LogP contribution in [-0.2, 0) is 9.59 Å². The monoisotopic (exact) mass is 306 g/mol. The Balaban J connectivity index is 4.18. The number of thioether (sulfide) groups is 2. The van der Waals surface area contributed by atoms with E-state index in [2.05, 4.69) is 6.07 Å². The number of hydrogen-bond acceptors (Lipinski definition) is 6. The molecule has 8 heteroatoms. The van der Waals surface area contributed by atoms with Gasteiger partial charge in [0.1, 0.15) is 8.28 Å². The van der Waals surface area contributed by atoms with E-state index in [9.17, 15) is 9.59 Å². The Kier molecular flexibility index (Phi) is 7.98. The predicted molar refractivity (Wildman–Crippen MR) is 77.3 cm³/mol. The van der Waals surface area contributed by atoms with Crippen molar-refractivity contribution in [2.24, 2.45) is 5.73 Å². The van der Waals surface area contributed by atoms with Gasteiger partial charge < -0.3 is 10.8 Å². The van der Waals surface area contributed by atoms with Crippen molar-refractivity contribution in [1.82, 2.24) is 0 Å². The molecule has 0 fully saturated rings. The highest BCUT2D eigenvalue weighted by molar-refractivity contribution is 8.47. The summed E-state index contributed by atoms with van der Waals surface area (Å²) in [6.45, 7) is 1.65. The van der Waals surface area contributed by atoms with Crippen LogP contribution in [0.25, 0.3) is 0 Å². The summed E-state index contributed by atoms with van der Waals surface area (Å²) in [5.41, 5.74) is 4.99. The molecule has 0 spiro atoms. The summed E-state index contributed by atoms with van der Waals surface area (Å²) in [5.74, 6) is -0.865. The van der Waals surface area contributed by atoms with Crippen LogP contribution in [0, 0.1) is 11.3 Å². The third kappa shape index (κ3) is 8.33. The fourth-order valence-corrected chi connectivity index (χ4v) is 3.85. The van der Waals surface area contributed by atoms with Gasteiger partial charge in [0.25, 0.3) is 0 Å². The summed E-state index contributed by atoms with van der Waals surface area (Å²) in [7, 11) is 0. The van der Waals surface area contributed by atoms with Gasteiger partial charge in [-0.25, -0.2) is 0 Å². The molecule has 0 aromatic rings. The summed E-state index contributed by atoms with van der Waals surface area (Å²) in [6.07, 6.45) is 0.370. The Bertz CT molecular complexity index is 381. The maximum atomic E-state index is 10.5. The van der Waals surface area contributed by atoms with Crippen molar-refractivity contribution in [3.63, 3.8) is 0 Å². The van der Waals surface area contributed by atoms with Crippen molar-refractivity contribution in [3.05, 3.63) is 0 Å². The number of aliphatic carboxylic acids is 1. The number of nitrogens with zero attached hydrogens (tertiary/aromatic N) is 1. The molecule has 0 aromatic carbocycles. The largest absolute Gasteiger partial charge is 0.481 e. The van der Waals surface area contributed by atoms with Gasteiger partial charge in [0.05, 0.1) is 6.07 Å². The maximum absolute atomic E-state index is 10.5. The van der Waals surface area contributed by atoms with Crippen molar-refractivity contribution < 1.29 is 14.7 Å². The fraction of sp³-hybridized carbons (Fsp3) is 0.600. The Morgan fingerprint density at radius 2 is 2.11 bits per heavy atom. The van der Waals surface area contributed by atoms with Crippen LogP contribution in [0.5, 0.6) is 0 Å². The first-order chi connectivity index (χ1) is 8.29. The zero-order valence-electron chi connectivity index (χ0n) is 9.84.